The van der Waals surface area contributed by atoms with Gasteiger partial charge >= 0.3 is 6.61 Å². The van der Waals surface area contributed by atoms with E-state index in [2.05, 4.69) is 14.9 Å². The van der Waals surface area contributed by atoms with E-state index >= 15 is 0 Å². The second-order valence-electron chi connectivity index (χ2n) is 5.17. The van der Waals surface area contributed by atoms with E-state index in [9.17, 15) is 8.78 Å². The van der Waals surface area contributed by atoms with Gasteiger partial charge in [0.25, 0.3) is 0 Å². The number of halogens is 3. The maximum atomic E-state index is 12.6. The van der Waals surface area contributed by atoms with Crippen LogP contribution >= 0.6 is 12.4 Å². The molecule has 8 nitrogen and oxygen atoms in total. The quantitative estimate of drug-likeness (QED) is 0.780. The molecule has 0 atom stereocenters. The topological polar surface area (TPSA) is 95.9 Å². The van der Waals surface area contributed by atoms with Crippen molar-refractivity contribution in [2.75, 3.05) is 13.8 Å². The van der Waals surface area contributed by atoms with Crippen LogP contribution in [0.5, 0.6) is 17.2 Å². The standard InChI is InChI=1S/C14H16F2N4O4.ClH/c1-20(6-12-18-13(4-17)24-19-12)5-8-2-10-11(22-7-21-10)3-9(8)23-14(15)16;/h2-3,14H,4-7,17H2,1H3;1H. The molecule has 138 valence electrons. The highest BCUT2D eigenvalue weighted by Crippen LogP contribution is 2.39. The summed E-state index contributed by atoms with van der Waals surface area (Å²) in [6.45, 7) is -2.06. The van der Waals surface area contributed by atoms with E-state index in [0.717, 1.165) is 0 Å². The van der Waals surface area contributed by atoms with Gasteiger partial charge in [0, 0.05) is 18.2 Å². The van der Waals surface area contributed by atoms with Crippen LogP contribution in [-0.4, -0.2) is 35.5 Å². The number of alkyl halides is 2. The Morgan fingerprint density at radius 3 is 2.64 bits per heavy atom. The molecule has 1 aliphatic rings. The molecule has 0 bridgehead atoms. The number of benzene rings is 1. The van der Waals surface area contributed by atoms with E-state index in [1.165, 1.54) is 6.07 Å². The minimum Gasteiger partial charge on any atom is -0.454 e. The van der Waals surface area contributed by atoms with Crippen LogP contribution in [0, 0.1) is 0 Å². The molecule has 2 aromatic rings. The monoisotopic (exact) mass is 378 g/mol. The minimum absolute atomic E-state index is 0. The molecule has 0 aliphatic carbocycles. The summed E-state index contributed by atoms with van der Waals surface area (Å²) >= 11 is 0. The third kappa shape index (κ3) is 4.68. The van der Waals surface area contributed by atoms with E-state index in [4.69, 9.17) is 19.7 Å². The van der Waals surface area contributed by atoms with Gasteiger partial charge in [0.2, 0.25) is 12.7 Å². The minimum atomic E-state index is -2.93. The summed E-state index contributed by atoms with van der Waals surface area (Å²) in [4.78, 5) is 5.92. The number of hydrogen-bond donors (Lipinski definition) is 1. The molecule has 2 heterocycles. The summed E-state index contributed by atoms with van der Waals surface area (Å²) in [6.07, 6.45) is 0. The van der Waals surface area contributed by atoms with Gasteiger partial charge in [-0.1, -0.05) is 5.16 Å². The van der Waals surface area contributed by atoms with Gasteiger partial charge in [-0.3, -0.25) is 4.90 Å². The van der Waals surface area contributed by atoms with Gasteiger partial charge in [0.15, 0.2) is 17.3 Å². The fourth-order valence-corrected chi connectivity index (χ4v) is 2.32. The Morgan fingerprint density at radius 2 is 2.00 bits per heavy atom. The van der Waals surface area contributed by atoms with E-state index in [-0.39, 0.29) is 31.5 Å². The molecule has 0 spiro atoms. The molecule has 25 heavy (non-hydrogen) atoms. The van der Waals surface area contributed by atoms with Gasteiger partial charge < -0.3 is 24.5 Å². The molecule has 11 heteroatoms. The van der Waals surface area contributed by atoms with Crippen molar-refractivity contribution in [3.05, 3.63) is 29.4 Å². The van der Waals surface area contributed by atoms with Crippen molar-refractivity contribution in [2.24, 2.45) is 5.73 Å². The predicted molar refractivity (Wildman–Crippen MR) is 83.8 cm³/mol. The van der Waals surface area contributed by atoms with Crippen molar-refractivity contribution >= 4 is 12.4 Å². The van der Waals surface area contributed by atoms with Crippen molar-refractivity contribution in [2.45, 2.75) is 26.2 Å². The number of nitrogens with zero attached hydrogens (tertiary/aromatic N) is 3. The number of ether oxygens (including phenoxy) is 3. The lowest BCUT2D eigenvalue weighted by molar-refractivity contribution is -0.0508. The molecule has 0 fully saturated rings. The molecule has 1 aromatic carbocycles. The van der Waals surface area contributed by atoms with E-state index in [1.807, 2.05) is 4.90 Å². The third-order valence-corrected chi connectivity index (χ3v) is 3.31. The van der Waals surface area contributed by atoms with Gasteiger partial charge in [0.05, 0.1) is 13.1 Å². The molecular formula is C14H17ClF2N4O4. The lowest BCUT2D eigenvalue weighted by atomic mass is 10.1. The maximum Gasteiger partial charge on any atom is 0.387 e. The summed E-state index contributed by atoms with van der Waals surface area (Å²) in [5.41, 5.74) is 5.94. The van der Waals surface area contributed by atoms with Gasteiger partial charge in [-0.15, -0.1) is 12.4 Å². The fourth-order valence-electron chi connectivity index (χ4n) is 2.32. The Balaban J connectivity index is 0.00000225. The van der Waals surface area contributed by atoms with Crippen LogP contribution in [0.3, 0.4) is 0 Å². The third-order valence-electron chi connectivity index (χ3n) is 3.31. The summed E-state index contributed by atoms with van der Waals surface area (Å²) < 4.78 is 45.2. The molecule has 0 unspecified atom stereocenters. The molecular weight excluding hydrogens is 362 g/mol. The summed E-state index contributed by atoms with van der Waals surface area (Å²) in [5.74, 6) is 1.70. The summed E-state index contributed by atoms with van der Waals surface area (Å²) in [6, 6.07) is 3.02. The molecule has 0 saturated heterocycles. The van der Waals surface area contributed by atoms with Crippen LogP contribution in [0.4, 0.5) is 8.78 Å². The number of aromatic nitrogens is 2. The zero-order valence-electron chi connectivity index (χ0n) is 13.3. The number of fused-ring (bicyclic) bond motifs is 1. The molecule has 0 radical (unpaired) electrons. The van der Waals surface area contributed by atoms with Crippen molar-refractivity contribution < 1.29 is 27.5 Å². The average Bonchev–Trinajstić information content (AvgIpc) is 3.15. The largest absolute Gasteiger partial charge is 0.454 e. The van der Waals surface area contributed by atoms with Gasteiger partial charge in [-0.05, 0) is 13.1 Å². The van der Waals surface area contributed by atoms with Crippen LogP contribution in [0.2, 0.25) is 0 Å². The lowest BCUT2D eigenvalue weighted by Crippen LogP contribution is -2.19. The van der Waals surface area contributed by atoms with Crippen LogP contribution in [0.25, 0.3) is 0 Å². The highest BCUT2D eigenvalue weighted by Gasteiger charge is 2.21. The Labute approximate surface area is 148 Å². The van der Waals surface area contributed by atoms with E-state index in [1.54, 1.807) is 13.1 Å². The highest BCUT2D eigenvalue weighted by molar-refractivity contribution is 5.85. The van der Waals surface area contributed by atoms with Gasteiger partial charge in [-0.25, -0.2) is 0 Å². The van der Waals surface area contributed by atoms with Crippen molar-refractivity contribution in [1.29, 1.82) is 0 Å². The van der Waals surface area contributed by atoms with Gasteiger partial charge in [-0.2, -0.15) is 13.8 Å². The number of rotatable bonds is 7. The van der Waals surface area contributed by atoms with Crippen LogP contribution in [0.15, 0.2) is 16.7 Å². The summed E-state index contributed by atoms with van der Waals surface area (Å²) in [7, 11) is 1.79. The lowest BCUT2D eigenvalue weighted by Gasteiger charge is -2.18. The Kier molecular flexibility index (Phi) is 6.34. The second kappa shape index (κ2) is 8.28. The molecule has 1 aliphatic heterocycles. The maximum absolute atomic E-state index is 12.6. The molecule has 0 saturated carbocycles. The average molecular weight is 379 g/mol. The van der Waals surface area contributed by atoms with Crippen LogP contribution < -0.4 is 19.9 Å². The predicted octanol–water partition coefficient (Wildman–Crippen LogP) is 1.91. The van der Waals surface area contributed by atoms with Crippen molar-refractivity contribution in [3.63, 3.8) is 0 Å². The smallest absolute Gasteiger partial charge is 0.387 e. The van der Waals surface area contributed by atoms with E-state index in [0.29, 0.717) is 41.9 Å². The van der Waals surface area contributed by atoms with E-state index < -0.39 is 6.61 Å². The number of hydrogen-bond acceptors (Lipinski definition) is 8. The summed E-state index contributed by atoms with van der Waals surface area (Å²) in [5, 5.41) is 3.79. The Morgan fingerprint density at radius 1 is 1.28 bits per heavy atom. The van der Waals surface area contributed by atoms with Crippen molar-refractivity contribution in [3.8, 4) is 17.2 Å². The first-order valence-electron chi connectivity index (χ1n) is 7.12. The molecule has 2 N–H and O–H groups in total. The SMILES string of the molecule is CN(Cc1noc(CN)n1)Cc1cc2c(cc1OC(F)F)OCO2.Cl. The van der Waals surface area contributed by atoms with Crippen molar-refractivity contribution in [1.82, 2.24) is 15.0 Å². The molecule has 0 amide bonds. The Bertz CT molecular complexity index is 716. The zero-order valence-corrected chi connectivity index (χ0v) is 14.1. The first-order valence-corrected chi connectivity index (χ1v) is 7.12. The Hall–Kier alpha value is -2.17. The highest BCUT2D eigenvalue weighted by atomic mass is 35.5. The fraction of sp³-hybridized carbons (Fsp3) is 0.429. The van der Waals surface area contributed by atoms with Gasteiger partial charge in [0.1, 0.15) is 5.75 Å². The zero-order chi connectivity index (χ0) is 17.1. The number of nitrogens with two attached hydrogens (primary N) is 1. The van der Waals surface area contributed by atoms with Crippen LogP contribution in [0.1, 0.15) is 17.3 Å². The second-order valence-corrected chi connectivity index (χ2v) is 5.17. The first kappa shape index (κ1) is 19.2. The van der Waals surface area contributed by atoms with Crippen LogP contribution in [-0.2, 0) is 19.6 Å². The first-order chi connectivity index (χ1) is 11.5. The molecule has 3 rings (SSSR count). The normalized spacial score (nSPS) is 12.6. The molecule has 1 aromatic heterocycles.